The maximum absolute atomic E-state index is 12.6. The number of nitrogens with zero attached hydrogens (tertiary/aromatic N) is 2. The van der Waals surface area contributed by atoms with Gasteiger partial charge in [0.15, 0.2) is 5.76 Å². The van der Waals surface area contributed by atoms with Crippen LogP contribution >= 0.6 is 0 Å². The van der Waals surface area contributed by atoms with Crippen LogP contribution in [0.15, 0.2) is 46.9 Å². The van der Waals surface area contributed by atoms with Crippen molar-refractivity contribution < 1.29 is 18.7 Å². The van der Waals surface area contributed by atoms with Crippen molar-refractivity contribution in [3.8, 4) is 5.95 Å². The number of carbonyl (C=O) groups excluding carboxylic acids is 2. The first-order valence-corrected chi connectivity index (χ1v) is 9.33. The van der Waals surface area contributed by atoms with E-state index in [1.54, 1.807) is 12.1 Å². The predicted octanol–water partition coefficient (Wildman–Crippen LogP) is 2.94. The Labute approximate surface area is 158 Å². The van der Waals surface area contributed by atoms with Gasteiger partial charge in [0, 0.05) is 44.1 Å². The molecule has 0 bridgehead atoms. The van der Waals surface area contributed by atoms with Gasteiger partial charge in [-0.05, 0) is 24.5 Å². The molecule has 2 saturated heterocycles. The summed E-state index contributed by atoms with van der Waals surface area (Å²) in [5.74, 6) is 0.744. The number of piperidine rings is 1. The van der Waals surface area contributed by atoms with Gasteiger partial charge in [-0.15, -0.1) is 0 Å². The van der Waals surface area contributed by atoms with E-state index in [-0.39, 0.29) is 17.2 Å². The van der Waals surface area contributed by atoms with Gasteiger partial charge in [0.05, 0.1) is 7.11 Å². The van der Waals surface area contributed by atoms with Gasteiger partial charge in [-0.1, -0.05) is 30.3 Å². The van der Waals surface area contributed by atoms with E-state index in [2.05, 4.69) is 12.1 Å². The van der Waals surface area contributed by atoms with E-state index in [1.807, 2.05) is 28.0 Å². The second-order valence-electron chi connectivity index (χ2n) is 7.53. The Bertz CT molecular complexity index is 822. The van der Waals surface area contributed by atoms with Crippen molar-refractivity contribution >= 4 is 11.8 Å². The monoisotopic (exact) mass is 368 g/mol. The Morgan fingerprint density at radius 2 is 1.89 bits per heavy atom. The quantitative estimate of drug-likeness (QED) is 0.832. The Hall–Kier alpha value is -2.76. The number of likely N-dealkylation sites (tertiary alicyclic amines) is 2. The summed E-state index contributed by atoms with van der Waals surface area (Å²) in [7, 11) is 1.51. The van der Waals surface area contributed by atoms with Crippen LogP contribution in [0.5, 0.6) is 5.95 Å². The molecule has 6 nitrogen and oxygen atoms in total. The molecule has 1 spiro atoms. The summed E-state index contributed by atoms with van der Waals surface area (Å²) >= 11 is 0. The van der Waals surface area contributed by atoms with Crippen molar-refractivity contribution in [1.82, 2.24) is 9.80 Å². The molecule has 2 fully saturated rings. The van der Waals surface area contributed by atoms with Crippen molar-refractivity contribution in [1.29, 1.82) is 0 Å². The molecule has 6 heteroatoms. The molecular weight excluding hydrogens is 344 g/mol. The summed E-state index contributed by atoms with van der Waals surface area (Å²) in [5.41, 5.74) is 1.14. The highest BCUT2D eigenvalue weighted by Crippen LogP contribution is 2.41. The molecular formula is C21H24N2O4. The van der Waals surface area contributed by atoms with E-state index < -0.39 is 0 Å². The molecule has 0 unspecified atom stereocenters. The van der Waals surface area contributed by atoms with Crippen molar-refractivity contribution in [3.63, 3.8) is 0 Å². The zero-order valence-electron chi connectivity index (χ0n) is 15.5. The van der Waals surface area contributed by atoms with Crippen LogP contribution in [0.2, 0.25) is 0 Å². The molecule has 27 heavy (non-hydrogen) atoms. The second kappa shape index (κ2) is 7.10. The fraction of sp³-hybridized carbons (Fsp3) is 0.429. The normalized spacial score (nSPS) is 18.9. The third-order valence-corrected chi connectivity index (χ3v) is 5.73. The van der Waals surface area contributed by atoms with Crippen LogP contribution in [0.1, 0.15) is 35.4 Å². The molecule has 0 atom stereocenters. The topological polar surface area (TPSA) is 63.0 Å². The molecule has 2 amide bonds. The Kier molecular flexibility index (Phi) is 4.64. The first kappa shape index (κ1) is 17.6. The van der Waals surface area contributed by atoms with E-state index in [9.17, 15) is 9.59 Å². The third-order valence-electron chi connectivity index (χ3n) is 5.73. The Balaban J connectivity index is 1.37. The zero-order chi connectivity index (χ0) is 18.9. The largest absolute Gasteiger partial charge is 0.468 e. The number of rotatable bonds is 4. The summed E-state index contributed by atoms with van der Waals surface area (Å²) in [5, 5.41) is 0. The van der Waals surface area contributed by atoms with Gasteiger partial charge in [0.25, 0.3) is 11.9 Å². The van der Waals surface area contributed by atoms with Gasteiger partial charge in [0.2, 0.25) is 5.91 Å². The smallest absolute Gasteiger partial charge is 0.289 e. The summed E-state index contributed by atoms with van der Waals surface area (Å²) in [4.78, 5) is 28.9. The number of methoxy groups -OCH3 is 1. The van der Waals surface area contributed by atoms with E-state index in [1.165, 1.54) is 7.11 Å². The number of hydrogen-bond acceptors (Lipinski definition) is 4. The van der Waals surface area contributed by atoms with Gasteiger partial charge in [0.1, 0.15) is 0 Å². The van der Waals surface area contributed by atoms with E-state index >= 15 is 0 Å². The Morgan fingerprint density at radius 3 is 2.56 bits per heavy atom. The third kappa shape index (κ3) is 3.56. The summed E-state index contributed by atoms with van der Waals surface area (Å²) in [6.45, 7) is 2.73. The second-order valence-corrected chi connectivity index (χ2v) is 7.53. The molecule has 0 saturated carbocycles. The molecule has 0 aliphatic carbocycles. The molecule has 3 heterocycles. The average Bonchev–Trinajstić information content (AvgIpc) is 3.28. The van der Waals surface area contributed by atoms with E-state index in [0.717, 1.165) is 24.9 Å². The molecule has 2 aliphatic heterocycles. The fourth-order valence-corrected chi connectivity index (χ4v) is 4.15. The van der Waals surface area contributed by atoms with Crippen LogP contribution in [-0.4, -0.2) is 48.4 Å². The maximum atomic E-state index is 12.6. The fourth-order valence-electron chi connectivity index (χ4n) is 4.15. The van der Waals surface area contributed by atoms with Gasteiger partial charge in [-0.2, -0.15) is 0 Å². The molecule has 4 rings (SSSR count). The molecule has 2 aromatic rings. The number of amides is 2. The standard InChI is InChI=1S/C21H24N2O4/c1-26-19-8-7-17(27-19)20(25)22-11-9-21(10-12-22)13-18(24)23(15-21)14-16-5-3-2-4-6-16/h2-8H,9-15H2,1H3. The lowest BCUT2D eigenvalue weighted by molar-refractivity contribution is -0.128. The van der Waals surface area contributed by atoms with Crippen LogP contribution in [-0.2, 0) is 11.3 Å². The van der Waals surface area contributed by atoms with Crippen molar-refractivity contribution in [2.24, 2.45) is 5.41 Å². The molecule has 2 aliphatic rings. The minimum absolute atomic E-state index is 0.0104. The van der Waals surface area contributed by atoms with Gasteiger partial charge in [-0.3, -0.25) is 9.59 Å². The number of furan rings is 1. The predicted molar refractivity (Wildman–Crippen MR) is 99.3 cm³/mol. The van der Waals surface area contributed by atoms with Crippen LogP contribution in [0.25, 0.3) is 0 Å². The van der Waals surface area contributed by atoms with Crippen LogP contribution < -0.4 is 4.74 Å². The first-order valence-electron chi connectivity index (χ1n) is 9.33. The van der Waals surface area contributed by atoms with Crippen molar-refractivity contribution in [2.75, 3.05) is 26.7 Å². The highest BCUT2D eigenvalue weighted by molar-refractivity contribution is 5.91. The summed E-state index contributed by atoms with van der Waals surface area (Å²) in [6.07, 6.45) is 2.26. The lowest BCUT2D eigenvalue weighted by atomic mass is 9.77. The molecule has 0 N–H and O–H groups in total. The minimum atomic E-state index is -0.112. The van der Waals surface area contributed by atoms with E-state index in [4.69, 9.17) is 9.15 Å². The number of ether oxygens (including phenoxy) is 1. The lowest BCUT2D eigenvalue weighted by Crippen LogP contribution is -2.44. The number of hydrogen-bond donors (Lipinski definition) is 0. The summed E-state index contributed by atoms with van der Waals surface area (Å²) < 4.78 is 10.4. The van der Waals surface area contributed by atoms with E-state index in [0.29, 0.717) is 37.8 Å². The first-order chi connectivity index (χ1) is 13.1. The van der Waals surface area contributed by atoms with Gasteiger partial charge in [-0.25, -0.2) is 0 Å². The lowest BCUT2D eigenvalue weighted by Gasteiger charge is -2.38. The molecule has 142 valence electrons. The van der Waals surface area contributed by atoms with Crippen LogP contribution in [0.3, 0.4) is 0 Å². The Morgan fingerprint density at radius 1 is 1.15 bits per heavy atom. The van der Waals surface area contributed by atoms with Crippen molar-refractivity contribution in [3.05, 3.63) is 53.8 Å². The number of carbonyl (C=O) groups is 2. The average molecular weight is 368 g/mol. The highest BCUT2D eigenvalue weighted by Gasteiger charge is 2.45. The van der Waals surface area contributed by atoms with Crippen molar-refractivity contribution in [2.45, 2.75) is 25.8 Å². The summed E-state index contributed by atoms with van der Waals surface area (Å²) in [6, 6.07) is 13.4. The van der Waals surface area contributed by atoms with Gasteiger partial charge >= 0.3 is 0 Å². The molecule has 1 aromatic carbocycles. The highest BCUT2D eigenvalue weighted by atomic mass is 16.6. The van der Waals surface area contributed by atoms with Crippen LogP contribution in [0.4, 0.5) is 0 Å². The van der Waals surface area contributed by atoms with Crippen LogP contribution in [0, 0.1) is 5.41 Å². The van der Waals surface area contributed by atoms with Gasteiger partial charge < -0.3 is 19.0 Å². The molecule has 0 radical (unpaired) electrons. The number of benzene rings is 1. The zero-order valence-corrected chi connectivity index (χ0v) is 15.5. The SMILES string of the molecule is COc1ccc(C(=O)N2CCC3(CC2)CC(=O)N(Cc2ccccc2)C3)o1. The molecule has 1 aromatic heterocycles. The minimum Gasteiger partial charge on any atom is -0.468 e. The maximum Gasteiger partial charge on any atom is 0.289 e.